The number of thiocarbonyl (C=S) groups is 1. The van der Waals surface area contributed by atoms with E-state index in [0.717, 1.165) is 23.6 Å². The van der Waals surface area contributed by atoms with E-state index in [1.54, 1.807) is 0 Å². The lowest BCUT2D eigenvalue weighted by atomic mass is 10.0. The van der Waals surface area contributed by atoms with Crippen LogP contribution >= 0.6 is 12.2 Å². The van der Waals surface area contributed by atoms with E-state index >= 15 is 0 Å². The zero-order valence-electron chi connectivity index (χ0n) is 15.9. The second-order valence-electron chi connectivity index (χ2n) is 7.06. The maximum atomic E-state index is 11.4. The molecule has 0 saturated carbocycles. The van der Waals surface area contributed by atoms with E-state index in [-0.39, 0.29) is 12.5 Å². The van der Waals surface area contributed by atoms with E-state index in [4.69, 9.17) is 17.0 Å². The Hall–Kier alpha value is -2.15. The van der Waals surface area contributed by atoms with Crippen molar-refractivity contribution in [3.8, 4) is 5.75 Å². The van der Waals surface area contributed by atoms with Crippen molar-refractivity contribution in [1.82, 2.24) is 10.7 Å². The first-order chi connectivity index (χ1) is 12.3. The van der Waals surface area contributed by atoms with E-state index in [1.807, 2.05) is 25.1 Å². The summed E-state index contributed by atoms with van der Waals surface area (Å²) in [7, 11) is 0. The minimum absolute atomic E-state index is 0.0519. The normalized spacial score (nSPS) is 15.0. The highest BCUT2D eigenvalue weighted by Crippen LogP contribution is 2.28. The third-order valence-corrected chi connectivity index (χ3v) is 4.36. The number of benzene rings is 1. The Morgan fingerprint density at radius 1 is 1.35 bits per heavy atom. The Kier molecular flexibility index (Phi) is 7.38. The molecule has 1 aromatic carbocycles. The molecule has 6 nitrogen and oxygen atoms in total. The molecule has 1 aliphatic rings. The summed E-state index contributed by atoms with van der Waals surface area (Å²) in [6.07, 6.45) is 3.48. The van der Waals surface area contributed by atoms with Crippen molar-refractivity contribution in [2.45, 2.75) is 53.0 Å². The van der Waals surface area contributed by atoms with Crippen molar-refractivity contribution in [1.29, 1.82) is 0 Å². The first kappa shape index (κ1) is 20.2. The SMILES string of the molecule is C/C(=N/NC(=S)N[C@H](C)CCCC(C)C)c1ccc2c(c1)NC(=O)CO2. The molecule has 0 saturated heterocycles. The number of carbonyl (C=O) groups is 1. The van der Waals surface area contributed by atoms with Crippen molar-refractivity contribution in [3.63, 3.8) is 0 Å². The molecular weight excluding hydrogens is 348 g/mol. The zero-order valence-corrected chi connectivity index (χ0v) is 16.7. The number of ether oxygens (including phenoxy) is 1. The number of hydrogen-bond donors (Lipinski definition) is 3. The van der Waals surface area contributed by atoms with Gasteiger partial charge in [0.05, 0.1) is 11.4 Å². The molecule has 1 heterocycles. The quantitative estimate of drug-likeness (QED) is 0.386. The van der Waals surface area contributed by atoms with Crippen LogP contribution in [0.1, 0.15) is 52.5 Å². The first-order valence-corrected chi connectivity index (χ1v) is 9.44. The van der Waals surface area contributed by atoms with Crippen LogP contribution in [-0.2, 0) is 4.79 Å². The van der Waals surface area contributed by atoms with Gasteiger partial charge in [0.1, 0.15) is 5.75 Å². The summed E-state index contributed by atoms with van der Waals surface area (Å²) >= 11 is 5.31. The molecule has 0 radical (unpaired) electrons. The zero-order chi connectivity index (χ0) is 19.1. The number of hydrazone groups is 1. The molecule has 0 fully saturated rings. The van der Waals surface area contributed by atoms with Crippen LogP contribution in [0.2, 0.25) is 0 Å². The van der Waals surface area contributed by atoms with Gasteiger partial charge in [0.25, 0.3) is 5.91 Å². The second-order valence-corrected chi connectivity index (χ2v) is 7.46. The molecule has 26 heavy (non-hydrogen) atoms. The van der Waals surface area contributed by atoms with E-state index in [1.165, 1.54) is 12.8 Å². The fraction of sp³-hybridized carbons (Fsp3) is 0.526. The monoisotopic (exact) mass is 376 g/mol. The molecule has 0 unspecified atom stereocenters. The number of fused-ring (bicyclic) bond motifs is 1. The number of rotatable bonds is 7. The minimum atomic E-state index is -0.154. The summed E-state index contributed by atoms with van der Waals surface area (Å²) < 4.78 is 5.36. The minimum Gasteiger partial charge on any atom is -0.482 e. The Morgan fingerprint density at radius 3 is 2.85 bits per heavy atom. The van der Waals surface area contributed by atoms with Crippen LogP contribution in [0.25, 0.3) is 0 Å². The molecule has 0 bridgehead atoms. The molecule has 2 rings (SSSR count). The van der Waals surface area contributed by atoms with Gasteiger partial charge in [-0.25, -0.2) is 0 Å². The van der Waals surface area contributed by atoms with E-state index in [9.17, 15) is 4.79 Å². The van der Waals surface area contributed by atoms with Gasteiger partial charge in [0.2, 0.25) is 0 Å². The Balaban J connectivity index is 1.86. The fourth-order valence-electron chi connectivity index (χ4n) is 2.67. The molecule has 7 heteroatoms. The third kappa shape index (κ3) is 6.29. The molecule has 1 aliphatic heterocycles. The lowest BCUT2D eigenvalue weighted by Gasteiger charge is -2.18. The Bertz CT molecular complexity index is 688. The smallest absolute Gasteiger partial charge is 0.262 e. The highest BCUT2D eigenvalue weighted by Gasteiger charge is 2.16. The summed E-state index contributed by atoms with van der Waals surface area (Å²) in [5.41, 5.74) is 5.20. The summed E-state index contributed by atoms with van der Waals surface area (Å²) in [5, 5.41) is 10.9. The number of carbonyl (C=O) groups excluding carboxylic acids is 1. The molecule has 1 amide bonds. The van der Waals surface area contributed by atoms with Crippen LogP contribution in [0.5, 0.6) is 5.75 Å². The van der Waals surface area contributed by atoms with Crippen LogP contribution < -0.4 is 20.8 Å². The van der Waals surface area contributed by atoms with Crippen molar-refractivity contribution in [2.75, 3.05) is 11.9 Å². The largest absolute Gasteiger partial charge is 0.482 e. The second kappa shape index (κ2) is 9.52. The molecular formula is C19H28N4O2S. The lowest BCUT2D eigenvalue weighted by molar-refractivity contribution is -0.118. The molecule has 1 atom stereocenters. The van der Waals surface area contributed by atoms with Gasteiger partial charge in [-0.1, -0.05) is 26.7 Å². The van der Waals surface area contributed by atoms with Crippen molar-refractivity contribution >= 4 is 34.6 Å². The predicted octanol–water partition coefficient (Wildman–Crippen LogP) is 3.42. The average molecular weight is 377 g/mol. The maximum Gasteiger partial charge on any atom is 0.262 e. The number of nitrogens with one attached hydrogen (secondary N) is 3. The van der Waals surface area contributed by atoms with E-state index in [2.05, 4.69) is 41.9 Å². The highest BCUT2D eigenvalue weighted by atomic mass is 32.1. The topological polar surface area (TPSA) is 74.8 Å². The van der Waals surface area contributed by atoms with Gasteiger partial charge >= 0.3 is 0 Å². The van der Waals surface area contributed by atoms with E-state index in [0.29, 0.717) is 22.6 Å². The number of hydrogen-bond acceptors (Lipinski definition) is 4. The van der Waals surface area contributed by atoms with Gasteiger partial charge < -0.3 is 15.4 Å². The molecule has 1 aromatic rings. The van der Waals surface area contributed by atoms with Gasteiger partial charge in [-0.05, 0) is 62.2 Å². The highest BCUT2D eigenvalue weighted by molar-refractivity contribution is 7.80. The summed E-state index contributed by atoms with van der Waals surface area (Å²) in [6, 6.07) is 5.89. The van der Waals surface area contributed by atoms with Gasteiger partial charge in [0.15, 0.2) is 11.7 Å². The van der Waals surface area contributed by atoms with Crippen molar-refractivity contribution in [3.05, 3.63) is 23.8 Å². The Labute approximate surface area is 160 Å². The molecule has 0 aromatic heterocycles. The predicted molar refractivity (Wildman–Crippen MR) is 110 cm³/mol. The number of nitrogens with zero attached hydrogens (tertiary/aromatic N) is 1. The Morgan fingerprint density at radius 2 is 2.12 bits per heavy atom. The molecule has 3 N–H and O–H groups in total. The first-order valence-electron chi connectivity index (χ1n) is 9.03. The standard InChI is InChI=1S/C19H28N4O2S/c1-12(2)6-5-7-13(3)20-19(26)23-22-14(4)15-8-9-17-16(10-15)21-18(24)11-25-17/h8-10,12-13H,5-7,11H2,1-4H3,(H,21,24)(H2,20,23,26)/b22-14-/t13-/m1/s1. The van der Waals surface area contributed by atoms with Crippen LogP contribution in [0, 0.1) is 5.92 Å². The van der Waals surface area contributed by atoms with E-state index < -0.39 is 0 Å². The summed E-state index contributed by atoms with van der Waals surface area (Å²) in [5.74, 6) is 1.24. The molecule has 0 aliphatic carbocycles. The van der Waals surface area contributed by atoms with Crippen LogP contribution in [-0.4, -0.2) is 29.4 Å². The average Bonchev–Trinajstić information content (AvgIpc) is 2.58. The van der Waals surface area contributed by atoms with Gasteiger partial charge in [-0.3, -0.25) is 10.2 Å². The molecule has 142 valence electrons. The van der Waals surface area contributed by atoms with Gasteiger partial charge in [-0.15, -0.1) is 0 Å². The fourth-order valence-corrected chi connectivity index (χ4v) is 2.91. The van der Waals surface area contributed by atoms with Crippen LogP contribution in [0.15, 0.2) is 23.3 Å². The van der Waals surface area contributed by atoms with Crippen LogP contribution in [0.3, 0.4) is 0 Å². The van der Waals surface area contributed by atoms with Crippen molar-refractivity contribution < 1.29 is 9.53 Å². The van der Waals surface area contributed by atoms with Gasteiger partial charge in [-0.2, -0.15) is 5.10 Å². The summed E-state index contributed by atoms with van der Waals surface area (Å²) in [6.45, 7) is 8.53. The van der Waals surface area contributed by atoms with Gasteiger partial charge in [0, 0.05) is 6.04 Å². The summed E-state index contributed by atoms with van der Waals surface area (Å²) in [4.78, 5) is 11.4. The lowest BCUT2D eigenvalue weighted by Crippen LogP contribution is -2.38. The number of amides is 1. The van der Waals surface area contributed by atoms with Crippen molar-refractivity contribution in [2.24, 2.45) is 11.0 Å². The third-order valence-electron chi connectivity index (χ3n) is 4.15. The maximum absolute atomic E-state index is 11.4. The molecule has 0 spiro atoms. The van der Waals surface area contributed by atoms with Crippen LogP contribution in [0.4, 0.5) is 5.69 Å². The number of anilines is 1.